The van der Waals surface area contributed by atoms with E-state index < -0.39 is 4.92 Å². The van der Waals surface area contributed by atoms with Crippen LogP contribution in [0, 0.1) is 17.0 Å². The number of benzene rings is 4. The van der Waals surface area contributed by atoms with Crippen LogP contribution in [0.25, 0.3) is 11.1 Å². The number of hydrogen-bond donors (Lipinski definition) is 1. The second-order valence-corrected chi connectivity index (χ2v) is 7.74. The number of rotatable bonds is 5. The maximum atomic E-state index is 12.8. The van der Waals surface area contributed by atoms with Crippen LogP contribution in [0.1, 0.15) is 21.5 Å². The van der Waals surface area contributed by atoms with Crippen molar-refractivity contribution in [2.24, 2.45) is 10.2 Å². The van der Waals surface area contributed by atoms with E-state index in [4.69, 9.17) is 0 Å². The maximum Gasteiger partial charge on any atom is 0.270 e. The van der Waals surface area contributed by atoms with Crippen LogP contribution in [0.15, 0.2) is 95.2 Å². The lowest BCUT2D eigenvalue weighted by atomic mass is 10.1. The number of azo groups is 1. The smallest absolute Gasteiger partial charge is 0.270 e. The molecule has 0 spiro atoms. The molecule has 0 amide bonds. The highest BCUT2D eigenvalue weighted by molar-refractivity contribution is 6.22. The SMILES string of the molecule is Cc1cc(/N=N/c2ccc3c(c2)C(=O)c2cc([N+](=O)[O-])ccc2-3)ccc1Nc1ccccc1. The number of hydrogen-bond acceptors (Lipinski definition) is 6. The number of anilines is 2. The van der Waals surface area contributed by atoms with E-state index in [1.54, 1.807) is 24.3 Å². The van der Waals surface area contributed by atoms with E-state index in [-0.39, 0.29) is 11.5 Å². The van der Waals surface area contributed by atoms with Gasteiger partial charge in [-0.2, -0.15) is 10.2 Å². The molecule has 0 unspecified atom stereocenters. The minimum Gasteiger partial charge on any atom is -0.355 e. The Hall–Kier alpha value is -4.65. The Labute approximate surface area is 189 Å². The van der Waals surface area contributed by atoms with Gasteiger partial charge in [0.05, 0.1) is 16.3 Å². The van der Waals surface area contributed by atoms with Crippen molar-refractivity contribution in [3.05, 3.63) is 112 Å². The van der Waals surface area contributed by atoms with Crippen molar-refractivity contribution in [2.75, 3.05) is 5.32 Å². The van der Waals surface area contributed by atoms with Crippen LogP contribution in [0.3, 0.4) is 0 Å². The Bertz CT molecular complexity index is 1450. The molecule has 0 heterocycles. The number of para-hydroxylation sites is 1. The fraction of sp³-hybridized carbons (Fsp3) is 0.0385. The molecule has 0 aromatic heterocycles. The van der Waals surface area contributed by atoms with E-state index >= 15 is 0 Å². The molecule has 0 saturated heterocycles. The number of non-ortho nitro benzene ring substituents is 1. The number of nitro benzene ring substituents is 1. The van der Waals surface area contributed by atoms with Gasteiger partial charge in [0.2, 0.25) is 0 Å². The van der Waals surface area contributed by atoms with Crippen molar-refractivity contribution >= 4 is 34.2 Å². The summed E-state index contributed by atoms with van der Waals surface area (Å²) in [6.45, 7) is 1.99. The van der Waals surface area contributed by atoms with Gasteiger partial charge in [-0.05, 0) is 72.1 Å². The molecule has 0 saturated carbocycles. The molecule has 33 heavy (non-hydrogen) atoms. The highest BCUT2D eigenvalue weighted by Gasteiger charge is 2.28. The van der Waals surface area contributed by atoms with Crippen LogP contribution in [0.4, 0.5) is 28.4 Å². The number of fused-ring (bicyclic) bond motifs is 3. The summed E-state index contributed by atoms with van der Waals surface area (Å²) in [5, 5.41) is 23.0. The van der Waals surface area contributed by atoms with E-state index in [2.05, 4.69) is 15.5 Å². The maximum absolute atomic E-state index is 12.8. The molecule has 1 N–H and O–H groups in total. The molecule has 0 bridgehead atoms. The van der Waals surface area contributed by atoms with Crippen LogP contribution in [0.2, 0.25) is 0 Å². The molecule has 1 aliphatic rings. The number of nitrogens with zero attached hydrogens (tertiary/aromatic N) is 3. The van der Waals surface area contributed by atoms with Crippen molar-refractivity contribution in [1.82, 2.24) is 0 Å². The Morgan fingerprint density at radius 3 is 2.09 bits per heavy atom. The number of aryl methyl sites for hydroxylation is 1. The predicted molar refractivity (Wildman–Crippen MR) is 127 cm³/mol. The van der Waals surface area contributed by atoms with Crippen LogP contribution in [-0.2, 0) is 0 Å². The zero-order chi connectivity index (χ0) is 22.9. The molecule has 0 radical (unpaired) electrons. The van der Waals surface area contributed by atoms with Crippen LogP contribution in [-0.4, -0.2) is 10.7 Å². The van der Waals surface area contributed by atoms with E-state index in [0.717, 1.165) is 22.5 Å². The van der Waals surface area contributed by atoms with Crippen molar-refractivity contribution < 1.29 is 9.72 Å². The molecule has 1 aliphatic carbocycles. The predicted octanol–water partition coefficient (Wildman–Crippen LogP) is 7.27. The standard InChI is InChI=1S/C26H18N4O3/c1-16-13-18(8-12-25(16)27-17-5-3-2-4-6-17)28-29-19-7-10-21-22-11-9-20(30(32)33)15-24(22)26(31)23(21)14-19/h2-15,27H,1H3/b29-28+. The van der Waals surface area contributed by atoms with Gasteiger partial charge in [0.15, 0.2) is 5.78 Å². The number of ketones is 1. The molecule has 0 aliphatic heterocycles. The van der Waals surface area contributed by atoms with Crippen LogP contribution >= 0.6 is 0 Å². The van der Waals surface area contributed by atoms with Crippen molar-refractivity contribution in [2.45, 2.75) is 6.92 Å². The van der Waals surface area contributed by atoms with E-state index in [1.165, 1.54) is 12.1 Å². The summed E-state index contributed by atoms with van der Waals surface area (Å²) in [5.41, 5.74) is 6.39. The lowest BCUT2D eigenvalue weighted by molar-refractivity contribution is -0.384. The highest BCUT2D eigenvalue weighted by atomic mass is 16.6. The first-order valence-electron chi connectivity index (χ1n) is 10.3. The molecule has 7 nitrogen and oxygen atoms in total. The Balaban J connectivity index is 1.37. The minimum absolute atomic E-state index is 0.101. The Morgan fingerprint density at radius 1 is 0.758 bits per heavy atom. The third-order valence-electron chi connectivity index (χ3n) is 5.54. The van der Waals surface area contributed by atoms with E-state index in [9.17, 15) is 14.9 Å². The summed E-state index contributed by atoms with van der Waals surface area (Å²) < 4.78 is 0. The van der Waals surface area contributed by atoms with Crippen LogP contribution < -0.4 is 5.32 Å². The first kappa shape index (κ1) is 20.3. The largest absolute Gasteiger partial charge is 0.355 e. The van der Waals surface area contributed by atoms with E-state index in [1.807, 2.05) is 55.5 Å². The molecule has 160 valence electrons. The van der Waals surface area contributed by atoms with Gasteiger partial charge < -0.3 is 5.32 Å². The average molecular weight is 434 g/mol. The fourth-order valence-corrected chi connectivity index (χ4v) is 3.87. The average Bonchev–Trinajstić information content (AvgIpc) is 3.11. The van der Waals surface area contributed by atoms with Gasteiger partial charge in [-0.15, -0.1) is 0 Å². The number of carbonyl (C=O) groups is 1. The van der Waals surface area contributed by atoms with Crippen molar-refractivity contribution in [3.8, 4) is 11.1 Å². The summed E-state index contributed by atoms with van der Waals surface area (Å²) in [5.74, 6) is -0.243. The van der Waals surface area contributed by atoms with Gasteiger partial charge >= 0.3 is 0 Å². The quantitative estimate of drug-likeness (QED) is 0.179. The van der Waals surface area contributed by atoms with Gasteiger partial charge in [-0.3, -0.25) is 14.9 Å². The van der Waals surface area contributed by atoms with Crippen LogP contribution in [0.5, 0.6) is 0 Å². The lowest BCUT2D eigenvalue weighted by Crippen LogP contribution is -1.96. The Kier molecular flexibility index (Phi) is 4.99. The summed E-state index contributed by atoms with van der Waals surface area (Å²) in [4.78, 5) is 23.4. The summed E-state index contributed by atoms with van der Waals surface area (Å²) >= 11 is 0. The lowest BCUT2D eigenvalue weighted by Gasteiger charge is -2.09. The van der Waals surface area contributed by atoms with Gasteiger partial charge in [-0.25, -0.2) is 0 Å². The van der Waals surface area contributed by atoms with Gasteiger partial charge in [0.1, 0.15) is 0 Å². The van der Waals surface area contributed by atoms with Gasteiger partial charge in [0, 0.05) is 34.6 Å². The second-order valence-electron chi connectivity index (χ2n) is 7.74. The second kappa shape index (κ2) is 8.12. The zero-order valence-corrected chi connectivity index (χ0v) is 17.6. The summed E-state index contributed by atoms with van der Waals surface area (Å²) in [7, 11) is 0. The summed E-state index contributed by atoms with van der Waals surface area (Å²) in [6.07, 6.45) is 0. The van der Waals surface area contributed by atoms with E-state index in [0.29, 0.717) is 28.1 Å². The molecular formula is C26H18N4O3. The molecule has 0 atom stereocenters. The first-order valence-corrected chi connectivity index (χ1v) is 10.3. The fourth-order valence-electron chi connectivity index (χ4n) is 3.87. The topological polar surface area (TPSA) is 97.0 Å². The number of carbonyl (C=O) groups excluding carboxylic acids is 1. The number of nitrogens with one attached hydrogen (secondary N) is 1. The molecule has 4 aromatic carbocycles. The van der Waals surface area contributed by atoms with Crippen molar-refractivity contribution in [1.29, 1.82) is 0 Å². The highest BCUT2D eigenvalue weighted by Crippen LogP contribution is 2.40. The molecule has 7 heteroatoms. The monoisotopic (exact) mass is 434 g/mol. The number of nitro groups is 1. The normalized spacial score (nSPS) is 12.0. The molecular weight excluding hydrogens is 416 g/mol. The summed E-state index contributed by atoms with van der Waals surface area (Å²) in [6, 6.07) is 25.3. The minimum atomic E-state index is -0.501. The first-order chi connectivity index (χ1) is 16.0. The third kappa shape index (κ3) is 3.87. The molecule has 4 aromatic rings. The van der Waals surface area contributed by atoms with Crippen molar-refractivity contribution in [3.63, 3.8) is 0 Å². The third-order valence-corrected chi connectivity index (χ3v) is 5.54. The zero-order valence-electron chi connectivity index (χ0n) is 17.6. The Morgan fingerprint density at radius 2 is 1.39 bits per heavy atom. The molecule has 0 fully saturated rings. The van der Waals surface area contributed by atoms with Gasteiger partial charge in [-0.1, -0.05) is 24.3 Å². The molecule has 5 rings (SSSR count). The van der Waals surface area contributed by atoms with Gasteiger partial charge in [0.25, 0.3) is 5.69 Å².